The highest BCUT2D eigenvalue weighted by molar-refractivity contribution is 5.96. The fourth-order valence-electron chi connectivity index (χ4n) is 4.71. The molecule has 0 radical (unpaired) electrons. The van der Waals surface area contributed by atoms with E-state index in [0.717, 1.165) is 73.5 Å². The molecule has 1 fully saturated rings. The lowest BCUT2D eigenvalue weighted by atomic mass is 10.1. The van der Waals surface area contributed by atoms with E-state index in [1.54, 1.807) is 0 Å². The molecule has 0 N–H and O–H groups in total. The first kappa shape index (κ1) is 18.9. The van der Waals surface area contributed by atoms with E-state index in [4.69, 9.17) is 9.72 Å². The summed E-state index contributed by atoms with van der Waals surface area (Å²) in [6.45, 7) is 5.85. The van der Waals surface area contributed by atoms with Crippen molar-refractivity contribution >= 4 is 22.5 Å². The number of para-hydroxylation sites is 1. The van der Waals surface area contributed by atoms with Crippen molar-refractivity contribution in [3.05, 3.63) is 59.8 Å². The Balaban J connectivity index is 1.41. The zero-order valence-corrected chi connectivity index (χ0v) is 17.4. The van der Waals surface area contributed by atoms with Crippen LogP contribution in [0.2, 0.25) is 0 Å². The number of nitrogens with zero attached hydrogens (tertiary/aromatic N) is 3. The van der Waals surface area contributed by atoms with Crippen molar-refractivity contribution < 1.29 is 9.53 Å². The number of carbonyl (C=O) groups excluding carboxylic acids is 1. The number of aryl methyl sites for hydroxylation is 1. The van der Waals surface area contributed by atoms with Crippen molar-refractivity contribution in [1.29, 1.82) is 0 Å². The summed E-state index contributed by atoms with van der Waals surface area (Å²) in [5.74, 6) is 1.97. The first-order valence-electron chi connectivity index (χ1n) is 10.9. The summed E-state index contributed by atoms with van der Waals surface area (Å²) < 4.78 is 6.08. The molecule has 0 atom stereocenters. The predicted octanol–water partition coefficient (Wildman–Crippen LogP) is 4.71. The maximum Gasteiger partial charge on any atom is 0.222 e. The molecule has 5 rings (SSSR count). The number of hydrogen-bond donors (Lipinski definition) is 0. The smallest absolute Gasteiger partial charge is 0.222 e. The number of ether oxygens (including phenoxy) is 1. The van der Waals surface area contributed by atoms with Crippen LogP contribution in [0.1, 0.15) is 30.5 Å². The Morgan fingerprint density at radius 1 is 0.967 bits per heavy atom. The predicted molar refractivity (Wildman–Crippen MR) is 119 cm³/mol. The number of aromatic nitrogens is 1. The molecular weight excluding hydrogens is 374 g/mol. The van der Waals surface area contributed by atoms with Crippen LogP contribution in [0.4, 0.5) is 5.69 Å². The van der Waals surface area contributed by atoms with Gasteiger partial charge in [0.15, 0.2) is 0 Å². The van der Waals surface area contributed by atoms with Gasteiger partial charge in [0.25, 0.3) is 0 Å². The van der Waals surface area contributed by atoms with Crippen molar-refractivity contribution in [2.45, 2.75) is 32.6 Å². The number of pyridine rings is 1. The molecule has 0 saturated carbocycles. The maximum absolute atomic E-state index is 11.9. The Morgan fingerprint density at radius 3 is 2.60 bits per heavy atom. The van der Waals surface area contributed by atoms with Gasteiger partial charge in [-0.25, -0.2) is 0 Å². The van der Waals surface area contributed by atoms with Crippen molar-refractivity contribution in [3.8, 4) is 11.5 Å². The molecule has 0 spiro atoms. The molecule has 2 aliphatic rings. The number of amides is 1. The number of fused-ring (bicyclic) bond motifs is 3. The first-order valence-corrected chi connectivity index (χ1v) is 10.9. The summed E-state index contributed by atoms with van der Waals surface area (Å²) in [6, 6.07) is 16.0. The molecule has 2 aromatic carbocycles. The van der Waals surface area contributed by atoms with Gasteiger partial charge in [0.1, 0.15) is 11.5 Å². The summed E-state index contributed by atoms with van der Waals surface area (Å²) in [4.78, 5) is 21.2. The monoisotopic (exact) mass is 401 g/mol. The highest BCUT2D eigenvalue weighted by Crippen LogP contribution is 2.38. The minimum absolute atomic E-state index is 0.310. The molecule has 3 aromatic rings. The molecular formula is C25H27N3O2. The third kappa shape index (κ3) is 3.60. The molecule has 1 amide bonds. The lowest BCUT2D eigenvalue weighted by molar-refractivity contribution is -0.127. The van der Waals surface area contributed by atoms with E-state index in [9.17, 15) is 4.79 Å². The first-order chi connectivity index (χ1) is 14.7. The Bertz CT molecular complexity index is 1080. The Morgan fingerprint density at radius 2 is 1.80 bits per heavy atom. The normalized spacial score (nSPS) is 15.8. The molecule has 5 heteroatoms. The zero-order valence-electron chi connectivity index (χ0n) is 17.4. The number of hydrogen-bond acceptors (Lipinski definition) is 4. The Hall–Kier alpha value is -3.08. The molecule has 0 bridgehead atoms. The average Bonchev–Trinajstić information content (AvgIpc) is 3.36. The molecule has 0 unspecified atom stereocenters. The summed E-state index contributed by atoms with van der Waals surface area (Å²) >= 11 is 0. The molecule has 0 aliphatic carbocycles. The Labute approximate surface area is 177 Å². The van der Waals surface area contributed by atoms with E-state index in [1.165, 1.54) is 11.3 Å². The Kier molecular flexibility index (Phi) is 5.03. The van der Waals surface area contributed by atoms with Crippen LogP contribution in [0.25, 0.3) is 10.9 Å². The van der Waals surface area contributed by atoms with Crippen LogP contribution in [-0.4, -0.2) is 42.0 Å². The van der Waals surface area contributed by atoms with Gasteiger partial charge in [0.2, 0.25) is 5.91 Å². The number of anilines is 1. The molecule has 1 saturated heterocycles. The summed E-state index contributed by atoms with van der Waals surface area (Å²) in [7, 11) is 0. The number of likely N-dealkylation sites (tertiary alicyclic amines) is 1. The largest absolute Gasteiger partial charge is 0.457 e. The van der Waals surface area contributed by atoms with Gasteiger partial charge in [-0.3, -0.25) is 9.78 Å². The van der Waals surface area contributed by atoms with Gasteiger partial charge in [-0.2, -0.15) is 0 Å². The second-order valence-electron chi connectivity index (χ2n) is 8.19. The van der Waals surface area contributed by atoms with Crippen LogP contribution in [0, 0.1) is 6.92 Å². The summed E-state index contributed by atoms with van der Waals surface area (Å²) in [5, 5.41) is 1.15. The number of carbonyl (C=O) groups is 1. The molecule has 30 heavy (non-hydrogen) atoms. The molecule has 5 nitrogen and oxygen atoms in total. The summed E-state index contributed by atoms with van der Waals surface area (Å²) in [6.07, 6.45) is 3.74. The SMILES string of the molecule is Cc1nc2ccc(Oc3ccccc3)cc2c2c1CCN2CCCN1CCCC1=O. The molecule has 3 heterocycles. The van der Waals surface area contributed by atoms with Crippen LogP contribution >= 0.6 is 0 Å². The van der Waals surface area contributed by atoms with E-state index in [-0.39, 0.29) is 0 Å². The quantitative estimate of drug-likeness (QED) is 0.600. The van der Waals surface area contributed by atoms with Gasteiger partial charge in [-0.15, -0.1) is 0 Å². The summed E-state index contributed by atoms with van der Waals surface area (Å²) in [5.41, 5.74) is 4.76. The van der Waals surface area contributed by atoms with Gasteiger partial charge >= 0.3 is 0 Å². The minimum atomic E-state index is 0.310. The van der Waals surface area contributed by atoms with Gasteiger partial charge in [-0.05, 0) is 62.1 Å². The lowest BCUT2D eigenvalue weighted by Gasteiger charge is -2.23. The van der Waals surface area contributed by atoms with Crippen molar-refractivity contribution in [2.75, 3.05) is 31.1 Å². The highest BCUT2D eigenvalue weighted by Gasteiger charge is 2.25. The van der Waals surface area contributed by atoms with Crippen LogP contribution in [0.15, 0.2) is 48.5 Å². The average molecular weight is 402 g/mol. The zero-order chi connectivity index (χ0) is 20.5. The van der Waals surface area contributed by atoms with Crippen molar-refractivity contribution in [2.24, 2.45) is 0 Å². The fraction of sp³-hybridized carbons (Fsp3) is 0.360. The van der Waals surface area contributed by atoms with Crippen LogP contribution in [0.5, 0.6) is 11.5 Å². The molecule has 1 aromatic heterocycles. The third-order valence-electron chi connectivity index (χ3n) is 6.19. The second kappa shape index (κ2) is 7.98. The maximum atomic E-state index is 11.9. The van der Waals surface area contributed by atoms with E-state index in [1.807, 2.05) is 41.3 Å². The second-order valence-corrected chi connectivity index (χ2v) is 8.19. The topological polar surface area (TPSA) is 45.7 Å². The van der Waals surface area contributed by atoms with Gasteiger partial charge < -0.3 is 14.5 Å². The third-order valence-corrected chi connectivity index (χ3v) is 6.19. The van der Waals surface area contributed by atoms with Crippen molar-refractivity contribution in [3.63, 3.8) is 0 Å². The van der Waals surface area contributed by atoms with E-state index < -0.39 is 0 Å². The van der Waals surface area contributed by atoms with Crippen LogP contribution in [0.3, 0.4) is 0 Å². The van der Waals surface area contributed by atoms with E-state index >= 15 is 0 Å². The molecule has 2 aliphatic heterocycles. The van der Waals surface area contributed by atoms with Gasteiger partial charge in [0, 0.05) is 43.7 Å². The van der Waals surface area contributed by atoms with Crippen molar-refractivity contribution in [1.82, 2.24) is 9.88 Å². The minimum Gasteiger partial charge on any atom is -0.457 e. The van der Waals surface area contributed by atoms with E-state index in [0.29, 0.717) is 12.3 Å². The van der Waals surface area contributed by atoms with Gasteiger partial charge in [-0.1, -0.05) is 18.2 Å². The van der Waals surface area contributed by atoms with Crippen LogP contribution < -0.4 is 9.64 Å². The lowest BCUT2D eigenvalue weighted by Crippen LogP contribution is -2.30. The molecule has 154 valence electrons. The van der Waals surface area contributed by atoms with Crippen LogP contribution in [-0.2, 0) is 11.2 Å². The fourth-order valence-corrected chi connectivity index (χ4v) is 4.71. The number of rotatable bonds is 6. The van der Waals surface area contributed by atoms with E-state index in [2.05, 4.69) is 24.0 Å². The highest BCUT2D eigenvalue weighted by atomic mass is 16.5. The number of benzene rings is 2. The standard InChI is InChI=1S/C25H27N3O2/c1-18-21-12-16-28(15-6-14-27-13-5-9-24(27)29)25(21)22-17-20(10-11-23(22)26-18)30-19-7-3-2-4-8-19/h2-4,7-8,10-11,17H,5-6,9,12-16H2,1H3. The van der Waals surface area contributed by atoms with Gasteiger partial charge in [0.05, 0.1) is 11.2 Å².